The van der Waals surface area contributed by atoms with Crippen molar-refractivity contribution in [3.63, 3.8) is 0 Å². The van der Waals surface area contributed by atoms with Gasteiger partial charge in [0.25, 0.3) is 0 Å². The average Bonchev–Trinajstić information content (AvgIpc) is 3.24. The summed E-state index contributed by atoms with van der Waals surface area (Å²) >= 11 is 12.6. The van der Waals surface area contributed by atoms with E-state index in [9.17, 15) is 4.79 Å². The number of nitrogens with one attached hydrogen (secondary N) is 1. The summed E-state index contributed by atoms with van der Waals surface area (Å²) in [5.74, 6) is 2.39. The molecule has 4 rings (SSSR count). The fourth-order valence-corrected chi connectivity index (χ4v) is 5.28. The monoisotopic (exact) mass is 323 g/mol. The molecular formula is C17H19Cl2NO. The molecule has 3 saturated carbocycles. The van der Waals surface area contributed by atoms with Crippen molar-refractivity contribution in [1.82, 2.24) is 0 Å². The van der Waals surface area contributed by atoms with Crippen LogP contribution in [0.25, 0.3) is 0 Å². The van der Waals surface area contributed by atoms with Crippen LogP contribution in [0.3, 0.4) is 0 Å². The summed E-state index contributed by atoms with van der Waals surface area (Å²) in [6, 6.07) is 9.72. The zero-order valence-electron chi connectivity index (χ0n) is 11.8. The number of hydrogen-bond acceptors (Lipinski definition) is 1. The van der Waals surface area contributed by atoms with Crippen LogP contribution in [0.4, 0.5) is 5.69 Å². The molecule has 0 bridgehead atoms. The second-order valence-corrected chi connectivity index (χ2v) is 8.20. The Labute approximate surface area is 135 Å². The third-order valence-corrected chi connectivity index (χ3v) is 6.78. The molecular weight excluding hydrogens is 305 g/mol. The van der Waals surface area contributed by atoms with Gasteiger partial charge in [-0.15, -0.1) is 23.2 Å². The minimum Gasteiger partial charge on any atom is -0.326 e. The van der Waals surface area contributed by atoms with Crippen molar-refractivity contribution in [1.29, 1.82) is 0 Å². The third-order valence-electron chi connectivity index (χ3n) is 5.66. The van der Waals surface area contributed by atoms with Gasteiger partial charge in [-0.05, 0) is 61.5 Å². The smallest absolute Gasteiger partial charge is 0.228 e. The van der Waals surface area contributed by atoms with E-state index in [0.717, 1.165) is 31.4 Å². The number of para-hydroxylation sites is 1. The Hall–Kier alpha value is -0.730. The average molecular weight is 324 g/mol. The molecule has 0 aliphatic heterocycles. The van der Waals surface area contributed by atoms with Crippen LogP contribution in [-0.2, 0) is 4.79 Å². The Kier molecular flexibility index (Phi) is 3.24. The highest BCUT2D eigenvalue weighted by molar-refractivity contribution is 6.51. The summed E-state index contributed by atoms with van der Waals surface area (Å²) in [6.45, 7) is 0. The lowest BCUT2D eigenvalue weighted by molar-refractivity contribution is -0.117. The van der Waals surface area contributed by atoms with E-state index in [4.69, 9.17) is 23.2 Å². The fraction of sp³-hybridized carbons (Fsp3) is 0.588. The van der Waals surface area contributed by atoms with Crippen LogP contribution in [0.5, 0.6) is 0 Å². The van der Waals surface area contributed by atoms with E-state index in [1.807, 2.05) is 30.3 Å². The van der Waals surface area contributed by atoms with E-state index in [1.54, 1.807) is 0 Å². The Morgan fingerprint density at radius 1 is 1.00 bits per heavy atom. The summed E-state index contributed by atoms with van der Waals surface area (Å²) in [5.41, 5.74) is 0.894. The molecule has 1 aromatic carbocycles. The van der Waals surface area contributed by atoms with Gasteiger partial charge in [-0.25, -0.2) is 0 Å². The largest absolute Gasteiger partial charge is 0.326 e. The zero-order valence-corrected chi connectivity index (χ0v) is 13.3. The van der Waals surface area contributed by atoms with Crippen molar-refractivity contribution in [3.8, 4) is 0 Å². The van der Waals surface area contributed by atoms with Gasteiger partial charge in [0.2, 0.25) is 5.91 Å². The molecule has 4 heteroatoms. The van der Waals surface area contributed by atoms with Gasteiger partial charge in [0.15, 0.2) is 0 Å². The molecule has 0 saturated heterocycles. The van der Waals surface area contributed by atoms with Crippen molar-refractivity contribution < 1.29 is 4.79 Å². The highest BCUT2D eigenvalue weighted by Gasteiger charge is 2.65. The lowest BCUT2D eigenvalue weighted by Gasteiger charge is -2.04. The first kappa shape index (κ1) is 13.9. The van der Waals surface area contributed by atoms with E-state index in [1.165, 1.54) is 0 Å². The van der Waals surface area contributed by atoms with E-state index >= 15 is 0 Å². The molecule has 0 heterocycles. The van der Waals surface area contributed by atoms with E-state index in [2.05, 4.69) is 5.32 Å². The zero-order chi connectivity index (χ0) is 14.6. The predicted octanol–water partition coefficient (Wildman–Crippen LogP) is 4.48. The number of alkyl halides is 2. The Morgan fingerprint density at radius 3 is 2.14 bits per heavy atom. The second kappa shape index (κ2) is 4.89. The molecule has 3 fully saturated rings. The van der Waals surface area contributed by atoms with Crippen LogP contribution in [-0.4, -0.2) is 10.2 Å². The summed E-state index contributed by atoms with van der Waals surface area (Å²) in [4.78, 5) is 12.4. The quantitative estimate of drug-likeness (QED) is 0.799. The van der Waals surface area contributed by atoms with E-state index < -0.39 is 4.33 Å². The summed E-state index contributed by atoms with van der Waals surface area (Å²) in [5, 5.41) is 3.05. The van der Waals surface area contributed by atoms with E-state index in [-0.39, 0.29) is 11.8 Å². The Bertz CT molecular complexity index is 537. The molecule has 0 aromatic heterocycles. The van der Waals surface area contributed by atoms with Crippen LogP contribution >= 0.6 is 23.2 Å². The summed E-state index contributed by atoms with van der Waals surface area (Å²) < 4.78 is -0.474. The SMILES string of the molecule is O=C(Nc1ccccc1)C1[C@@H]2CC[C@@H]3[C@H](CC[C@@H]12)C3(Cl)Cl. The highest BCUT2D eigenvalue weighted by atomic mass is 35.5. The molecule has 1 aromatic rings. The Balaban J connectivity index is 1.38. The molecule has 0 spiro atoms. The van der Waals surface area contributed by atoms with Crippen LogP contribution in [0.2, 0.25) is 0 Å². The maximum absolute atomic E-state index is 12.4. The molecule has 1 N–H and O–H groups in total. The molecule has 5 atom stereocenters. The number of rotatable bonds is 2. The van der Waals surface area contributed by atoms with Gasteiger partial charge in [0.05, 0.1) is 0 Å². The highest BCUT2D eigenvalue weighted by Crippen LogP contribution is 2.67. The van der Waals surface area contributed by atoms with Crippen molar-refractivity contribution in [2.24, 2.45) is 29.6 Å². The maximum Gasteiger partial charge on any atom is 0.228 e. The second-order valence-electron chi connectivity index (χ2n) is 6.75. The first-order valence-electron chi connectivity index (χ1n) is 7.83. The molecule has 21 heavy (non-hydrogen) atoms. The standard InChI is InChI=1S/C17H19Cl2NO/c18-17(19)13-8-6-11-12(7-9-14(13)17)15(11)16(21)20-10-4-2-1-3-5-10/h1-5,11-15H,6-9H2,(H,20,21)/t11-,12-,13-,14+,15?/m1/s1. The van der Waals surface area contributed by atoms with Crippen molar-refractivity contribution >= 4 is 34.8 Å². The summed E-state index contributed by atoms with van der Waals surface area (Å²) in [6.07, 6.45) is 4.35. The minimum absolute atomic E-state index is 0.190. The number of carbonyl (C=O) groups is 1. The van der Waals surface area contributed by atoms with Gasteiger partial charge < -0.3 is 5.32 Å². The molecule has 1 unspecified atom stereocenters. The van der Waals surface area contributed by atoms with Crippen molar-refractivity contribution in [2.45, 2.75) is 30.0 Å². The first-order chi connectivity index (χ1) is 10.1. The summed E-state index contributed by atoms with van der Waals surface area (Å²) in [7, 11) is 0. The predicted molar refractivity (Wildman–Crippen MR) is 85.4 cm³/mol. The number of benzene rings is 1. The van der Waals surface area contributed by atoms with Gasteiger partial charge >= 0.3 is 0 Å². The van der Waals surface area contributed by atoms with Gasteiger partial charge in [-0.1, -0.05) is 18.2 Å². The molecule has 0 radical (unpaired) electrons. The number of halogens is 2. The fourth-order valence-electron chi connectivity index (χ4n) is 4.36. The van der Waals surface area contributed by atoms with Crippen LogP contribution in [0.1, 0.15) is 25.7 Å². The first-order valence-corrected chi connectivity index (χ1v) is 8.58. The van der Waals surface area contributed by atoms with Gasteiger partial charge in [-0.2, -0.15) is 0 Å². The molecule has 3 aliphatic carbocycles. The van der Waals surface area contributed by atoms with Gasteiger partial charge in [0, 0.05) is 11.6 Å². The van der Waals surface area contributed by atoms with Crippen LogP contribution in [0.15, 0.2) is 30.3 Å². The number of amides is 1. The number of fused-ring (bicyclic) bond motifs is 2. The van der Waals surface area contributed by atoms with Crippen LogP contribution < -0.4 is 5.32 Å². The topological polar surface area (TPSA) is 29.1 Å². The Morgan fingerprint density at radius 2 is 1.57 bits per heavy atom. The lowest BCUT2D eigenvalue weighted by Crippen LogP contribution is -2.15. The number of carbonyl (C=O) groups excluding carboxylic acids is 1. The third kappa shape index (κ3) is 2.37. The molecule has 3 aliphatic rings. The van der Waals surface area contributed by atoms with Crippen molar-refractivity contribution in [2.75, 3.05) is 5.32 Å². The molecule has 112 valence electrons. The lowest BCUT2D eigenvalue weighted by atomic mass is 10.0. The van der Waals surface area contributed by atoms with Gasteiger partial charge in [0.1, 0.15) is 4.33 Å². The normalized spacial score (nSPS) is 39.2. The van der Waals surface area contributed by atoms with Gasteiger partial charge in [-0.3, -0.25) is 4.79 Å². The molecule has 1 amide bonds. The van der Waals surface area contributed by atoms with Crippen LogP contribution in [0, 0.1) is 29.6 Å². The molecule has 2 nitrogen and oxygen atoms in total. The number of anilines is 1. The maximum atomic E-state index is 12.4. The number of hydrogen-bond donors (Lipinski definition) is 1. The van der Waals surface area contributed by atoms with E-state index in [0.29, 0.717) is 23.7 Å². The van der Waals surface area contributed by atoms with Crippen molar-refractivity contribution in [3.05, 3.63) is 30.3 Å². The minimum atomic E-state index is -0.474.